The van der Waals surface area contributed by atoms with Gasteiger partial charge in [0.2, 0.25) is 0 Å². The van der Waals surface area contributed by atoms with E-state index in [4.69, 9.17) is 4.74 Å². The molecule has 2 fully saturated rings. The summed E-state index contributed by atoms with van der Waals surface area (Å²) in [7, 11) is 0. The monoisotopic (exact) mass is 455 g/mol. The first kappa shape index (κ1) is 22.5. The Bertz CT molecular complexity index is 1080. The van der Waals surface area contributed by atoms with Gasteiger partial charge in [0, 0.05) is 68.2 Å². The summed E-state index contributed by atoms with van der Waals surface area (Å²) in [6.45, 7) is 5.89. The highest BCUT2D eigenvalue weighted by atomic mass is 16.6. The van der Waals surface area contributed by atoms with Gasteiger partial charge in [-0.3, -0.25) is 25.0 Å². The molecule has 2 saturated heterocycles. The number of nitro groups is 2. The Morgan fingerprint density at radius 3 is 2.15 bits per heavy atom. The smallest absolute Gasteiger partial charge is 0.292 e. The van der Waals surface area contributed by atoms with Crippen LogP contribution in [0.25, 0.3) is 0 Å². The van der Waals surface area contributed by atoms with Crippen LogP contribution in [-0.2, 0) is 4.74 Å². The third-order valence-electron chi connectivity index (χ3n) is 6.09. The Morgan fingerprint density at radius 1 is 0.848 bits per heavy atom. The Labute approximate surface area is 190 Å². The second-order valence-electron chi connectivity index (χ2n) is 8.07. The molecule has 0 bridgehead atoms. The third kappa shape index (κ3) is 4.72. The van der Waals surface area contributed by atoms with E-state index in [1.54, 1.807) is 30.0 Å². The summed E-state index contributed by atoms with van der Waals surface area (Å²) in [4.78, 5) is 40.5. The Morgan fingerprint density at radius 2 is 1.52 bits per heavy atom. The van der Waals surface area contributed by atoms with Gasteiger partial charge >= 0.3 is 0 Å². The second kappa shape index (κ2) is 9.41. The van der Waals surface area contributed by atoms with Crippen molar-refractivity contribution in [1.29, 1.82) is 0 Å². The van der Waals surface area contributed by atoms with Gasteiger partial charge in [-0.05, 0) is 25.1 Å². The molecular formula is C22H25N5O6. The molecule has 33 heavy (non-hydrogen) atoms. The molecule has 0 N–H and O–H groups in total. The fourth-order valence-corrected chi connectivity index (χ4v) is 4.21. The molecule has 0 aromatic heterocycles. The van der Waals surface area contributed by atoms with E-state index in [0.29, 0.717) is 69.3 Å². The molecule has 4 rings (SSSR count). The fourth-order valence-electron chi connectivity index (χ4n) is 4.21. The average Bonchev–Trinajstić information content (AvgIpc) is 2.84. The minimum atomic E-state index is -0.481. The zero-order chi connectivity index (χ0) is 23.5. The molecule has 2 aliphatic heterocycles. The van der Waals surface area contributed by atoms with Crippen LogP contribution in [0.1, 0.15) is 15.9 Å². The molecule has 2 aromatic rings. The molecule has 2 aromatic carbocycles. The summed E-state index contributed by atoms with van der Waals surface area (Å²) in [5.41, 5.74) is 2.24. The van der Waals surface area contributed by atoms with E-state index < -0.39 is 4.92 Å². The molecule has 2 heterocycles. The number of amides is 1. The summed E-state index contributed by atoms with van der Waals surface area (Å²) in [6, 6.07) is 9.64. The highest BCUT2D eigenvalue weighted by Gasteiger charge is 2.27. The van der Waals surface area contributed by atoms with Crippen LogP contribution in [0.3, 0.4) is 0 Å². The van der Waals surface area contributed by atoms with Crippen molar-refractivity contribution in [2.24, 2.45) is 0 Å². The van der Waals surface area contributed by atoms with Crippen LogP contribution in [0.2, 0.25) is 0 Å². The molecule has 0 radical (unpaired) electrons. The number of ether oxygens (including phenoxy) is 1. The van der Waals surface area contributed by atoms with Crippen LogP contribution < -0.4 is 9.80 Å². The van der Waals surface area contributed by atoms with Gasteiger partial charge in [0.1, 0.15) is 5.69 Å². The second-order valence-corrected chi connectivity index (χ2v) is 8.07. The van der Waals surface area contributed by atoms with E-state index in [0.717, 1.165) is 5.69 Å². The van der Waals surface area contributed by atoms with Crippen LogP contribution >= 0.6 is 0 Å². The SMILES string of the molecule is Cc1ccc(C(=O)N2CCN(c3ccc([N+](=O)[O-])c(N4CCOCC4)c3)CC2)cc1[N+](=O)[O-]. The molecule has 0 spiro atoms. The number of hydrogen-bond donors (Lipinski definition) is 0. The van der Waals surface area contributed by atoms with Gasteiger partial charge in [0.15, 0.2) is 0 Å². The Balaban J connectivity index is 1.47. The molecule has 174 valence electrons. The van der Waals surface area contributed by atoms with Crippen molar-refractivity contribution in [1.82, 2.24) is 4.90 Å². The van der Waals surface area contributed by atoms with Crippen LogP contribution in [0.5, 0.6) is 0 Å². The molecule has 11 heteroatoms. The number of nitrogens with zero attached hydrogens (tertiary/aromatic N) is 5. The molecule has 0 saturated carbocycles. The number of carbonyl (C=O) groups excluding carboxylic acids is 1. The Hall–Kier alpha value is -3.73. The number of benzene rings is 2. The fraction of sp³-hybridized carbons (Fsp3) is 0.409. The Kier molecular flexibility index (Phi) is 6.40. The molecule has 2 aliphatic rings. The lowest BCUT2D eigenvalue weighted by Crippen LogP contribution is -2.48. The number of piperazine rings is 1. The van der Waals surface area contributed by atoms with Crippen molar-refractivity contribution >= 4 is 28.7 Å². The summed E-state index contributed by atoms with van der Waals surface area (Å²) in [5, 5.41) is 22.7. The minimum Gasteiger partial charge on any atom is -0.378 e. The quantitative estimate of drug-likeness (QED) is 0.498. The van der Waals surface area contributed by atoms with Gasteiger partial charge in [-0.1, -0.05) is 6.07 Å². The number of nitro benzene ring substituents is 2. The maximum atomic E-state index is 12.9. The van der Waals surface area contributed by atoms with Crippen molar-refractivity contribution in [3.8, 4) is 0 Å². The van der Waals surface area contributed by atoms with Crippen molar-refractivity contribution in [3.63, 3.8) is 0 Å². The standard InChI is InChI=1S/C22H25N5O6/c1-16-2-3-17(14-20(16)27(31)32)22(28)25-8-6-23(7-9-25)18-4-5-19(26(29)30)21(15-18)24-10-12-33-13-11-24/h2-5,14-15H,6-13H2,1H3. The van der Waals surface area contributed by atoms with Crippen molar-refractivity contribution in [3.05, 3.63) is 67.8 Å². The summed E-state index contributed by atoms with van der Waals surface area (Å²) in [6.07, 6.45) is 0. The first-order valence-electron chi connectivity index (χ1n) is 10.8. The molecule has 11 nitrogen and oxygen atoms in total. The highest BCUT2D eigenvalue weighted by molar-refractivity contribution is 5.95. The zero-order valence-electron chi connectivity index (χ0n) is 18.3. The lowest BCUT2D eigenvalue weighted by atomic mass is 10.1. The first-order chi connectivity index (χ1) is 15.8. The lowest BCUT2D eigenvalue weighted by molar-refractivity contribution is -0.385. The van der Waals surface area contributed by atoms with E-state index in [-0.39, 0.29) is 22.2 Å². The zero-order valence-corrected chi connectivity index (χ0v) is 18.3. The van der Waals surface area contributed by atoms with Crippen LogP contribution in [-0.4, -0.2) is 73.1 Å². The molecule has 0 unspecified atom stereocenters. The van der Waals surface area contributed by atoms with E-state index in [9.17, 15) is 25.0 Å². The predicted molar refractivity (Wildman–Crippen MR) is 122 cm³/mol. The summed E-state index contributed by atoms with van der Waals surface area (Å²) >= 11 is 0. The molecule has 0 atom stereocenters. The van der Waals surface area contributed by atoms with Gasteiger partial charge in [0.25, 0.3) is 17.3 Å². The number of anilines is 2. The topological polar surface area (TPSA) is 122 Å². The summed E-state index contributed by atoms with van der Waals surface area (Å²) < 4.78 is 5.37. The van der Waals surface area contributed by atoms with Gasteiger partial charge < -0.3 is 19.4 Å². The van der Waals surface area contributed by atoms with Crippen molar-refractivity contribution in [2.45, 2.75) is 6.92 Å². The van der Waals surface area contributed by atoms with Crippen LogP contribution in [0.4, 0.5) is 22.7 Å². The van der Waals surface area contributed by atoms with E-state index in [1.807, 2.05) is 11.0 Å². The average molecular weight is 455 g/mol. The van der Waals surface area contributed by atoms with Gasteiger partial charge in [-0.25, -0.2) is 0 Å². The largest absolute Gasteiger partial charge is 0.378 e. The van der Waals surface area contributed by atoms with Gasteiger partial charge in [0.05, 0.1) is 23.1 Å². The molecule has 1 amide bonds. The first-order valence-corrected chi connectivity index (χ1v) is 10.8. The predicted octanol–water partition coefficient (Wildman–Crippen LogP) is 2.61. The van der Waals surface area contributed by atoms with Gasteiger partial charge in [-0.2, -0.15) is 0 Å². The third-order valence-corrected chi connectivity index (χ3v) is 6.09. The summed E-state index contributed by atoms with van der Waals surface area (Å²) in [5.74, 6) is -0.240. The minimum absolute atomic E-state index is 0.0652. The number of rotatable bonds is 5. The maximum Gasteiger partial charge on any atom is 0.292 e. The molecule has 0 aliphatic carbocycles. The molecular weight excluding hydrogens is 430 g/mol. The number of carbonyl (C=O) groups is 1. The van der Waals surface area contributed by atoms with Gasteiger partial charge in [-0.15, -0.1) is 0 Å². The number of aryl methyl sites for hydroxylation is 1. The van der Waals surface area contributed by atoms with Crippen molar-refractivity contribution < 1.29 is 19.4 Å². The maximum absolute atomic E-state index is 12.9. The number of hydrogen-bond acceptors (Lipinski definition) is 8. The normalized spacial score (nSPS) is 16.6. The van der Waals surface area contributed by atoms with E-state index >= 15 is 0 Å². The van der Waals surface area contributed by atoms with Crippen LogP contribution in [0.15, 0.2) is 36.4 Å². The van der Waals surface area contributed by atoms with Crippen LogP contribution in [0, 0.1) is 27.2 Å². The highest BCUT2D eigenvalue weighted by Crippen LogP contribution is 2.33. The number of morpholine rings is 1. The van der Waals surface area contributed by atoms with E-state index in [1.165, 1.54) is 12.1 Å². The van der Waals surface area contributed by atoms with Crippen molar-refractivity contribution in [2.75, 3.05) is 62.3 Å². The lowest BCUT2D eigenvalue weighted by Gasteiger charge is -2.37. The van der Waals surface area contributed by atoms with E-state index in [2.05, 4.69) is 4.90 Å².